The normalized spacial score (nSPS) is 17.2. The van der Waals surface area contributed by atoms with Gasteiger partial charge in [0.1, 0.15) is 0 Å². The van der Waals surface area contributed by atoms with Crippen molar-refractivity contribution in [1.82, 2.24) is 10.2 Å². The van der Waals surface area contributed by atoms with Gasteiger partial charge in [0, 0.05) is 34.7 Å². The summed E-state index contributed by atoms with van der Waals surface area (Å²) in [5.41, 5.74) is 6.76. The molecule has 0 saturated carbocycles. The summed E-state index contributed by atoms with van der Waals surface area (Å²) < 4.78 is 0. The Balaban J connectivity index is 1.38. The number of carbonyl (C=O) groups is 2. The number of hydrogen-bond donors (Lipinski definition) is 3. The Bertz CT molecular complexity index is 1370. The maximum absolute atomic E-state index is 13.3. The number of amides is 2. The monoisotopic (exact) mass is 536 g/mol. The largest absolute Gasteiger partial charge is 0.358 e. The van der Waals surface area contributed by atoms with Crippen molar-refractivity contribution in [2.24, 2.45) is 5.92 Å². The van der Waals surface area contributed by atoms with E-state index < -0.39 is 0 Å². The average molecular weight is 537 g/mol. The van der Waals surface area contributed by atoms with Gasteiger partial charge in [0.15, 0.2) is 0 Å². The molecular formula is C34H40N4O2. The molecule has 2 aliphatic heterocycles. The molecule has 6 nitrogen and oxygen atoms in total. The molecule has 0 aliphatic carbocycles. The van der Waals surface area contributed by atoms with Crippen LogP contribution in [0.3, 0.4) is 0 Å². The van der Waals surface area contributed by atoms with Gasteiger partial charge in [0.05, 0.1) is 11.6 Å². The van der Waals surface area contributed by atoms with Crippen molar-refractivity contribution in [2.75, 3.05) is 23.7 Å². The number of carbonyl (C=O) groups excluding carboxylic acids is 2. The molecule has 2 amide bonds. The number of piperidine rings is 1. The summed E-state index contributed by atoms with van der Waals surface area (Å²) in [6, 6.07) is 23.9. The Morgan fingerprint density at radius 1 is 0.950 bits per heavy atom. The van der Waals surface area contributed by atoms with Gasteiger partial charge in [-0.3, -0.25) is 14.5 Å². The number of hydrogen-bond acceptors (Lipinski definition) is 4. The van der Waals surface area contributed by atoms with E-state index in [2.05, 4.69) is 65.9 Å². The van der Waals surface area contributed by atoms with E-state index in [9.17, 15) is 9.59 Å². The van der Waals surface area contributed by atoms with Gasteiger partial charge in [-0.1, -0.05) is 69.7 Å². The van der Waals surface area contributed by atoms with Gasteiger partial charge in [-0.25, -0.2) is 0 Å². The van der Waals surface area contributed by atoms with E-state index in [4.69, 9.17) is 0 Å². The van der Waals surface area contributed by atoms with E-state index >= 15 is 0 Å². The molecule has 5 rings (SSSR count). The van der Waals surface area contributed by atoms with Gasteiger partial charge in [-0.2, -0.15) is 0 Å². The fourth-order valence-electron chi connectivity index (χ4n) is 5.64. The fourth-order valence-corrected chi connectivity index (χ4v) is 5.64. The highest BCUT2D eigenvalue weighted by Gasteiger charge is 2.30. The molecule has 40 heavy (non-hydrogen) atoms. The summed E-state index contributed by atoms with van der Waals surface area (Å²) in [5, 5.41) is 9.70. The number of benzene rings is 3. The molecule has 1 saturated heterocycles. The van der Waals surface area contributed by atoms with Gasteiger partial charge < -0.3 is 16.0 Å². The predicted octanol–water partition coefficient (Wildman–Crippen LogP) is 6.98. The Morgan fingerprint density at radius 3 is 2.35 bits per heavy atom. The van der Waals surface area contributed by atoms with E-state index in [1.54, 1.807) is 6.07 Å². The predicted molar refractivity (Wildman–Crippen MR) is 163 cm³/mol. The van der Waals surface area contributed by atoms with Crippen molar-refractivity contribution in [3.63, 3.8) is 0 Å². The van der Waals surface area contributed by atoms with E-state index in [1.165, 1.54) is 37.9 Å². The Kier molecular flexibility index (Phi) is 8.66. The van der Waals surface area contributed by atoms with Gasteiger partial charge in [0.25, 0.3) is 11.8 Å². The molecule has 1 atom stereocenters. The summed E-state index contributed by atoms with van der Waals surface area (Å²) >= 11 is 0. The van der Waals surface area contributed by atoms with Crippen molar-refractivity contribution in [3.05, 3.63) is 101 Å². The van der Waals surface area contributed by atoms with Crippen molar-refractivity contribution in [3.8, 4) is 0 Å². The average Bonchev–Trinajstić information content (AvgIpc) is 3.30. The third-order valence-corrected chi connectivity index (χ3v) is 7.88. The zero-order chi connectivity index (χ0) is 28.1. The van der Waals surface area contributed by atoms with Crippen LogP contribution in [0.5, 0.6) is 0 Å². The van der Waals surface area contributed by atoms with Crippen LogP contribution in [0.25, 0.3) is 5.57 Å². The second kappa shape index (κ2) is 12.5. The molecule has 208 valence electrons. The highest BCUT2D eigenvalue weighted by atomic mass is 16.2. The summed E-state index contributed by atoms with van der Waals surface area (Å²) in [6.07, 6.45) is 4.68. The van der Waals surface area contributed by atoms with Crippen LogP contribution in [0, 0.1) is 5.92 Å². The minimum atomic E-state index is -0.152. The Labute approximate surface area is 237 Å². The molecule has 3 N–H and O–H groups in total. The van der Waals surface area contributed by atoms with E-state index in [0.717, 1.165) is 41.2 Å². The smallest absolute Gasteiger partial charge is 0.258 e. The van der Waals surface area contributed by atoms with Crippen molar-refractivity contribution < 1.29 is 9.59 Å². The number of rotatable bonds is 9. The molecule has 0 radical (unpaired) electrons. The van der Waals surface area contributed by atoms with Crippen LogP contribution in [-0.2, 0) is 11.3 Å². The maximum Gasteiger partial charge on any atom is 0.258 e. The standard InChI is InChI=1S/C34H40N4O2/c1-4-29(25-11-7-5-8-12-25)36-33(39)26-15-18-30-28(21-26)31(34(40)37-30)32(23(2)3)35-27-16-13-24(14-17-27)22-38-19-9-6-10-20-38/h5,7-8,11-18,21,23,29,35H,4,6,9-10,19-20,22H2,1-3H3,(H,36,39)(H,37,40)/b32-31-/t29-/m1/s1. The number of nitrogens with zero attached hydrogens (tertiary/aromatic N) is 1. The fraction of sp³-hybridized carbons (Fsp3) is 0.353. The lowest BCUT2D eigenvalue weighted by atomic mass is 9.96. The highest BCUT2D eigenvalue weighted by molar-refractivity contribution is 6.32. The zero-order valence-corrected chi connectivity index (χ0v) is 23.8. The molecule has 0 unspecified atom stereocenters. The quantitative estimate of drug-likeness (QED) is 0.258. The molecule has 2 aliphatic rings. The first-order chi connectivity index (χ1) is 19.4. The molecule has 6 heteroatoms. The van der Waals surface area contributed by atoms with Crippen LogP contribution in [0.2, 0.25) is 0 Å². The lowest BCUT2D eigenvalue weighted by Crippen LogP contribution is -2.29. The van der Waals surface area contributed by atoms with Crippen molar-refractivity contribution in [2.45, 2.75) is 59.0 Å². The third-order valence-electron chi connectivity index (χ3n) is 7.88. The number of allylic oxidation sites excluding steroid dienone is 1. The topological polar surface area (TPSA) is 73.5 Å². The molecular weight excluding hydrogens is 496 g/mol. The number of nitrogens with one attached hydrogen (secondary N) is 3. The second-order valence-corrected chi connectivity index (χ2v) is 11.2. The van der Waals surface area contributed by atoms with E-state index in [0.29, 0.717) is 11.1 Å². The molecule has 2 heterocycles. The van der Waals surface area contributed by atoms with Crippen LogP contribution < -0.4 is 16.0 Å². The van der Waals surface area contributed by atoms with Crippen molar-refractivity contribution >= 4 is 28.8 Å². The second-order valence-electron chi connectivity index (χ2n) is 11.2. The minimum Gasteiger partial charge on any atom is -0.358 e. The van der Waals surface area contributed by atoms with Crippen LogP contribution in [0.4, 0.5) is 11.4 Å². The Hall–Kier alpha value is -3.90. The van der Waals surface area contributed by atoms with Gasteiger partial charge in [-0.05, 0) is 79.7 Å². The SMILES string of the molecule is CC[C@@H](NC(=O)c1ccc2c(c1)/C(=C(/Nc1ccc(CN3CCCCC3)cc1)C(C)C)C(=O)N2)c1ccccc1. The van der Waals surface area contributed by atoms with Crippen LogP contribution >= 0.6 is 0 Å². The summed E-state index contributed by atoms with van der Waals surface area (Å²) in [5.74, 6) is -0.235. The van der Waals surface area contributed by atoms with Crippen molar-refractivity contribution in [1.29, 1.82) is 0 Å². The highest BCUT2D eigenvalue weighted by Crippen LogP contribution is 2.37. The summed E-state index contributed by atoms with van der Waals surface area (Å²) in [4.78, 5) is 29.0. The molecule has 3 aromatic carbocycles. The van der Waals surface area contributed by atoms with Crippen LogP contribution in [-0.4, -0.2) is 29.8 Å². The Morgan fingerprint density at radius 2 is 1.68 bits per heavy atom. The minimum absolute atomic E-state index is 0.0692. The zero-order valence-electron chi connectivity index (χ0n) is 23.8. The van der Waals surface area contributed by atoms with Gasteiger partial charge >= 0.3 is 0 Å². The first-order valence-electron chi connectivity index (χ1n) is 14.6. The molecule has 0 spiro atoms. The number of anilines is 2. The number of fused-ring (bicyclic) bond motifs is 1. The van der Waals surface area contributed by atoms with E-state index in [1.807, 2.05) is 42.5 Å². The lowest BCUT2D eigenvalue weighted by Gasteiger charge is -2.26. The van der Waals surface area contributed by atoms with Gasteiger partial charge in [0.2, 0.25) is 0 Å². The molecule has 0 bridgehead atoms. The molecule has 0 aromatic heterocycles. The summed E-state index contributed by atoms with van der Waals surface area (Å²) in [7, 11) is 0. The van der Waals surface area contributed by atoms with Crippen LogP contribution in [0.1, 0.15) is 79.5 Å². The molecule has 3 aromatic rings. The first kappa shape index (κ1) is 27.7. The summed E-state index contributed by atoms with van der Waals surface area (Å²) in [6.45, 7) is 9.53. The lowest BCUT2D eigenvalue weighted by molar-refractivity contribution is -0.110. The first-order valence-corrected chi connectivity index (χ1v) is 14.6. The van der Waals surface area contributed by atoms with Gasteiger partial charge in [-0.15, -0.1) is 0 Å². The van der Waals surface area contributed by atoms with Crippen LogP contribution in [0.15, 0.2) is 78.5 Å². The maximum atomic E-state index is 13.3. The number of likely N-dealkylation sites (tertiary alicyclic amines) is 1. The third kappa shape index (κ3) is 6.28. The van der Waals surface area contributed by atoms with E-state index in [-0.39, 0.29) is 23.8 Å². The molecule has 1 fully saturated rings.